The van der Waals surface area contributed by atoms with Crippen LogP contribution in [-0.4, -0.2) is 21.0 Å². The summed E-state index contributed by atoms with van der Waals surface area (Å²) in [6.45, 7) is 10.4. The van der Waals surface area contributed by atoms with Crippen LogP contribution in [0.4, 0.5) is 0 Å². The van der Waals surface area contributed by atoms with Crippen LogP contribution in [0.1, 0.15) is 47.5 Å². The number of aromatic nitrogens is 2. The van der Waals surface area contributed by atoms with Crippen LogP contribution >= 0.6 is 0 Å². The third-order valence-corrected chi connectivity index (χ3v) is 2.04. The molecule has 17 heavy (non-hydrogen) atoms. The van der Waals surface area contributed by atoms with Gasteiger partial charge in [0.15, 0.2) is 0 Å². The molecule has 0 amide bonds. The number of rotatable bonds is 3. The first-order chi connectivity index (χ1) is 7.62. The number of imidazole rings is 1. The van der Waals surface area contributed by atoms with Crippen LogP contribution in [-0.2, 0) is 4.79 Å². The highest BCUT2D eigenvalue weighted by Crippen LogP contribution is 2.35. The second-order valence-electron chi connectivity index (χ2n) is 6.23. The minimum absolute atomic E-state index is 0.0932. The number of nitrogens with zero attached hydrogens (tertiary/aromatic N) is 1. The zero-order valence-corrected chi connectivity index (χ0v) is 11.4. The topological polar surface area (TPSA) is 66.0 Å². The second-order valence-corrected chi connectivity index (χ2v) is 6.23. The third-order valence-electron chi connectivity index (χ3n) is 2.04. The molecule has 0 unspecified atom stereocenters. The highest BCUT2D eigenvalue weighted by Gasteiger charge is 2.27. The van der Waals surface area contributed by atoms with Crippen LogP contribution in [0.25, 0.3) is 0 Å². The zero-order chi connectivity index (χ0) is 13.5. The molecule has 0 aliphatic rings. The van der Waals surface area contributed by atoms with Crippen LogP contribution in [0.15, 0.2) is 18.7 Å². The lowest BCUT2D eigenvalue weighted by Crippen LogP contribution is -2.23. The smallest absolute Gasteiger partial charge is 0.303 e. The Hall–Kier alpha value is -1.32. The summed E-state index contributed by atoms with van der Waals surface area (Å²) < 4.78 is 0. The van der Waals surface area contributed by atoms with Gasteiger partial charge in [0.1, 0.15) is 0 Å². The maximum Gasteiger partial charge on any atom is 0.303 e. The van der Waals surface area contributed by atoms with Crippen LogP contribution in [0.2, 0.25) is 0 Å². The molecule has 1 aromatic heterocycles. The summed E-state index contributed by atoms with van der Waals surface area (Å²) in [5, 5.41) is 8.65. The first kappa shape index (κ1) is 15.7. The highest BCUT2D eigenvalue weighted by molar-refractivity contribution is 5.67. The molecule has 2 N–H and O–H groups in total. The first-order valence-electron chi connectivity index (χ1n) is 5.77. The summed E-state index contributed by atoms with van der Waals surface area (Å²) in [6, 6.07) is 0. The summed E-state index contributed by atoms with van der Waals surface area (Å²) in [6.07, 6.45) is 6.27. The molecule has 4 nitrogen and oxygen atoms in total. The molecule has 0 radical (unpaired) electrons. The van der Waals surface area contributed by atoms with Crippen molar-refractivity contribution in [2.75, 3.05) is 0 Å². The van der Waals surface area contributed by atoms with Crippen molar-refractivity contribution in [3.63, 3.8) is 0 Å². The molecule has 0 aliphatic carbocycles. The maximum absolute atomic E-state index is 10.5. The Morgan fingerprint density at radius 1 is 1.29 bits per heavy atom. The van der Waals surface area contributed by atoms with Crippen LogP contribution < -0.4 is 0 Å². The number of aromatic amines is 1. The molecular formula is C13H24N2O2. The van der Waals surface area contributed by atoms with Gasteiger partial charge in [-0.3, -0.25) is 4.79 Å². The van der Waals surface area contributed by atoms with E-state index in [0.717, 1.165) is 6.42 Å². The van der Waals surface area contributed by atoms with E-state index in [4.69, 9.17) is 5.11 Å². The van der Waals surface area contributed by atoms with Gasteiger partial charge in [-0.25, -0.2) is 4.98 Å². The molecule has 1 aromatic rings. The number of nitrogens with one attached hydrogen (secondary N) is 1. The van der Waals surface area contributed by atoms with Gasteiger partial charge in [0.25, 0.3) is 0 Å². The van der Waals surface area contributed by atoms with E-state index in [2.05, 4.69) is 30.7 Å². The monoisotopic (exact) mass is 240 g/mol. The average molecular weight is 240 g/mol. The molecule has 1 rings (SSSR count). The maximum atomic E-state index is 10.5. The standard InChI is InChI=1S/C10H20O2.C3H4N2/c1-9(2,3)7-10(4,5)6-8(11)12;1-2-5-3-4-1/h6-7H2,1-5H3,(H,11,12);1-3H,(H,4,5). The Kier molecular flexibility index (Phi) is 5.93. The van der Waals surface area contributed by atoms with E-state index in [0.29, 0.717) is 0 Å². The van der Waals surface area contributed by atoms with E-state index in [9.17, 15) is 4.79 Å². The predicted octanol–water partition coefficient (Wildman–Crippen LogP) is 3.33. The van der Waals surface area contributed by atoms with E-state index in [-0.39, 0.29) is 17.3 Å². The van der Waals surface area contributed by atoms with Gasteiger partial charge in [-0.15, -0.1) is 0 Å². The normalized spacial score (nSPS) is 11.6. The molecule has 0 fully saturated rings. The van der Waals surface area contributed by atoms with E-state index >= 15 is 0 Å². The Morgan fingerprint density at radius 3 is 2.12 bits per heavy atom. The number of aliphatic carboxylic acids is 1. The zero-order valence-electron chi connectivity index (χ0n) is 11.4. The molecule has 0 saturated carbocycles. The molecule has 1 heterocycles. The summed E-state index contributed by atoms with van der Waals surface area (Å²) >= 11 is 0. The Bertz CT molecular complexity index is 293. The Labute approximate surface area is 103 Å². The Balaban J connectivity index is 0.000000419. The van der Waals surface area contributed by atoms with Crippen molar-refractivity contribution < 1.29 is 9.90 Å². The van der Waals surface area contributed by atoms with Gasteiger partial charge in [0.2, 0.25) is 0 Å². The number of carboxylic acids is 1. The SMILES string of the molecule is CC(C)(C)CC(C)(C)CC(=O)O.c1c[nH]cn1. The third kappa shape index (κ3) is 11.0. The van der Waals surface area contributed by atoms with Crippen LogP contribution in [0.5, 0.6) is 0 Å². The molecule has 0 bridgehead atoms. The van der Waals surface area contributed by atoms with E-state index in [1.54, 1.807) is 18.7 Å². The fourth-order valence-corrected chi connectivity index (χ4v) is 2.12. The van der Waals surface area contributed by atoms with Crippen molar-refractivity contribution in [2.45, 2.75) is 47.5 Å². The molecule has 0 atom stereocenters. The minimum atomic E-state index is -0.704. The van der Waals surface area contributed by atoms with Gasteiger partial charge in [-0.05, 0) is 17.3 Å². The first-order valence-corrected chi connectivity index (χ1v) is 5.77. The lowest BCUT2D eigenvalue weighted by atomic mass is 9.74. The summed E-state index contributed by atoms with van der Waals surface area (Å²) in [7, 11) is 0. The number of hydrogen-bond acceptors (Lipinski definition) is 2. The molecule has 0 saturated heterocycles. The van der Waals surface area contributed by atoms with Crippen molar-refractivity contribution in [1.82, 2.24) is 9.97 Å². The van der Waals surface area contributed by atoms with Gasteiger partial charge in [0, 0.05) is 12.4 Å². The number of carboxylic acid groups (broad SMARTS) is 1. The van der Waals surface area contributed by atoms with E-state index < -0.39 is 5.97 Å². The van der Waals surface area contributed by atoms with Crippen molar-refractivity contribution in [2.24, 2.45) is 10.8 Å². The molecule has 0 aliphatic heterocycles. The largest absolute Gasteiger partial charge is 0.481 e. The summed E-state index contributed by atoms with van der Waals surface area (Å²) in [4.78, 5) is 16.9. The van der Waals surface area contributed by atoms with Crippen molar-refractivity contribution in [3.05, 3.63) is 18.7 Å². The molecule has 4 heteroatoms. The van der Waals surface area contributed by atoms with Crippen LogP contribution in [0.3, 0.4) is 0 Å². The average Bonchev–Trinajstić information content (AvgIpc) is 2.50. The number of carbonyl (C=O) groups is 1. The summed E-state index contributed by atoms with van der Waals surface area (Å²) in [5.74, 6) is -0.704. The van der Waals surface area contributed by atoms with Crippen molar-refractivity contribution in [3.8, 4) is 0 Å². The highest BCUT2D eigenvalue weighted by atomic mass is 16.4. The van der Waals surface area contributed by atoms with Gasteiger partial charge >= 0.3 is 5.97 Å². The van der Waals surface area contributed by atoms with Crippen molar-refractivity contribution >= 4 is 5.97 Å². The molecule has 98 valence electrons. The fourth-order valence-electron chi connectivity index (χ4n) is 2.12. The van der Waals surface area contributed by atoms with Gasteiger partial charge in [-0.2, -0.15) is 0 Å². The quantitative estimate of drug-likeness (QED) is 0.851. The molecular weight excluding hydrogens is 216 g/mol. The fraction of sp³-hybridized carbons (Fsp3) is 0.692. The molecule has 0 spiro atoms. The lowest BCUT2D eigenvalue weighted by Gasteiger charge is -2.30. The second kappa shape index (κ2) is 6.42. The van der Waals surface area contributed by atoms with Gasteiger partial charge in [-0.1, -0.05) is 34.6 Å². The van der Waals surface area contributed by atoms with Gasteiger partial charge in [0.05, 0.1) is 12.7 Å². The number of hydrogen-bond donors (Lipinski definition) is 2. The molecule has 0 aromatic carbocycles. The van der Waals surface area contributed by atoms with E-state index in [1.165, 1.54) is 0 Å². The minimum Gasteiger partial charge on any atom is -0.481 e. The Morgan fingerprint density at radius 2 is 1.88 bits per heavy atom. The van der Waals surface area contributed by atoms with Crippen LogP contribution in [0, 0.1) is 10.8 Å². The van der Waals surface area contributed by atoms with E-state index in [1.807, 2.05) is 13.8 Å². The number of H-pyrrole nitrogens is 1. The van der Waals surface area contributed by atoms with Crippen molar-refractivity contribution in [1.29, 1.82) is 0 Å². The van der Waals surface area contributed by atoms with Gasteiger partial charge < -0.3 is 10.1 Å². The predicted molar refractivity (Wildman–Crippen MR) is 68.7 cm³/mol. The lowest BCUT2D eigenvalue weighted by molar-refractivity contribution is -0.139. The summed E-state index contributed by atoms with van der Waals surface area (Å²) in [5.41, 5.74) is 0.114.